The van der Waals surface area contributed by atoms with E-state index >= 15 is 0 Å². The van der Waals surface area contributed by atoms with Gasteiger partial charge in [-0.2, -0.15) is 0 Å². The van der Waals surface area contributed by atoms with Crippen LogP contribution >= 0.6 is 0 Å². The van der Waals surface area contributed by atoms with Gasteiger partial charge in [0.1, 0.15) is 0 Å². The van der Waals surface area contributed by atoms with E-state index in [1.807, 2.05) is 27.7 Å². The molecule has 1 rings (SSSR count). The van der Waals surface area contributed by atoms with Crippen molar-refractivity contribution in [3.05, 3.63) is 0 Å². The molecule has 1 atom stereocenters. The topological polar surface area (TPSA) is 87.1 Å². The van der Waals surface area contributed by atoms with Crippen molar-refractivity contribution in [2.45, 2.75) is 91.1 Å². The van der Waals surface area contributed by atoms with E-state index < -0.39 is 23.6 Å². The van der Waals surface area contributed by atoms with Crippen molar-refractivity contribution >= 4 is 11.9 Å². The molecule has 0 spiro atoms. The van der Waals surface area contributed by atoms with Gasteiger partial charge in [-0.25, -0.2) is 0 Å². The Morgan fingerprint density at radius 3 is 2.04 bits per heavy atom. The number of carbonyl (C=O) groups excluding carboxylic acids is 1. The summed E-state index contributed by atoms with van der Waals surface area (Å²) in [7, 11) is 0. The van der Waals surface area contributed by atoms with Crippen LogP contribution in [0.15, 0.2) is 0 Å². The third-order valence-electron chi connectivity index (χ3n) is 4.56. The first-order valence-electron chi connectivity index (χ1n) is 8.09. The molecule has 0 saturated carbocycles. The summed E-state index contributed by atoms with van der Waals surface area (Å²) in [4.78, 5) is 25.4. The van der Waals surface area contributed by atoms with Gasteiger partial charge in [-0.1, -0.05) is 0 Å². The third kappa shape index (κ3) is 4.67. The number of carbonyl (C=O) groups is 2. The molecule has 6 heteroatoms. The van der Waals surface area contributed by atoms with Gasteiger partial charge in [0.05, 0.1) is 17.9 Å². The van der Waals surface area contributed by atoms with Crippen LogP contribution in [0.1, 0.15) is 67.7 Å². The highest BCUT2D eigenvalue weighted by Gasteiger charge is 2.48. The van der Waals surface area contributed by atoms with Crippen LogP contribution in [0.2, 0.25) is 0 Å². The fourth-order valence-corrected chi connectivity index (χ4v) is 4.04. The molecule has 134 valence electrons. The van der Waals surface area contributed by atoms with E-state index in [4.69, 9.17) is 9.84 Å². The predicted octanol–water partition coefficient (Wildman–Crippen LogP) is 2.39. The fraction of sp³-hybridized carbons (Fsp3) is 0.882. The van der Waals surface area contributed by atoms with Crippen LogP contribution in [0.25, 0.3) is 0 Å². The summed E-state index contributed by atoms with van der Waals surface area (Å²) in [6.45, 7) is 13.0. The molecule has 1 unspecified atom stereocenters. The number of rotatable bonds is 5. The van der Waals surface area contributed by atoms with Crippen LogP contribution < -0.4 is 0 Å². The maximum Gasteiger partial charge on any atom is 0.313 e. The number of aliphatic hydroxyl groups excluding tert-OH is 1. The van der Waals surface area contributed by atoms with Crippen LogP contribution in [0.5, 0.6) is 0 Å². The molecule has 2 N–H and O–H groups in total. The molecule has 0 aliphatic carbocycles. The van der Waals surface area contributed by atoms with Crippen molar-refractivity contribution in [2.24, 2.45) is 5.41 Å². The van der Waals surface area contributed by atoms with Crippen LogP contribution in [-0.4, -0.2) is 50.5 Å². The standard InChI is InChI=1S/C17H31NO5/c1-11(23-14(22)15(2,3)10-13(20)21)18-16(4,5)8-12(19)9-17(18,6)7/h11-12,19H,8-10H2,1-7H3,(H,20,21). The summed E-state index contributed by atoms with van der Waals surface area (Å²) in [6, 6.07) is 0. The van der Waals surface area contributed by atoms with E-state index in [1.165, 1.54) is 0 Å². The lowest BCUT2D eigenvalue weighted by molar-refractivity contribution is -0.197. The van der Waals surface area contributed by atoms with Crippen molar-refractivity contribution in [1.82, 2.24) is 4.90 Å². The van der Waals surface area contributed by atoms with E-state index in [9.17, 15) is 14.7 Å². The van der Waals surface area contributed by atoms with Gasteiger partial charge in [-0.3, -0.25) is 14.5 Å². The summed E-state index contributed by atoms with van der Waals surface area (Å²) in [5.74, 6) is -1.55. The Labute approximate surface area is 138 Å². The minimum Gasteiger partial charge on any atom is -0.481 e. The van der Waals surface area contributed by atoms with Crippen molar-refractivity contribution in [3.63, 3.8) is 0 Å². The number of aliphatic hydroxyl groups is 1. The van der Waals surface area contributed by atoms with Crippen LogP contribution in [0.3, 0.4) is 0 Å². The Morgan fingerprint density at radius 2 is 1.65 bits per heavy atom. The zero-order valence-electron chi connectivity index (χ0n) is 15.3. The highest BCUT2D eigenvalue weighted by atomic mass is 16.6. The largest absolute Gasteiger partial charge is 0.481 e. The first-order valence-corrected chi connectivity index (χ1v) is 8.09. The number of aliphatic carboxylic acids is 1. The average Bonchev–Trinajstić information content (AvgIpc) is 2.21. The molecular formula is C17H31NO5. The summed E-state index contributed by atoms with van der Waals surface area (Å²) in [5, 5.41) is 19.0. The van der Waals surface area contributed by atoms with Gasteiger partial charge in [0.15, 0.2) is 6.23 Å². The molecule has 23 heavy (non-hydrogen) atoms. The normalized spacial score (nSPS) is 23.3. The molecule has 0 aromatic carbocycles. The van der Waals surface area contributed by atoms with Crippen LogP contribution in [-0.2, 0) is 14.3 Å². The molecule has 0 bridgehead atoms. The monoisotopic (exact) mass is 329 g/mol. The van der Waals surface area contributed by atoms with Gasteiger partial charge >= 0.3 is 11.9 Å². The Morgan fingerprint density at radius 1 is 1.22 bits per heavy atom. The molecule has 0 aromatic rings. The Balaban J connectivity index is 2.93. The Kier molecular flexibility index (Phi) is 5.54. The summed E-state index contributed by atoms with van der Waals surface area (Å²) < 4.78 is 5.60. The van der Waals surface area contributed by atoms with E-state index in [0.717, 1.165) is 0 Å². The number of carboxylic acid groups (broad SMARTS) is 1. The van der Waals surface area contributed by atoms with E-state index in [0.29, 0.717) is 12.8 Å². The molecule has 0 aromatic heterocycles. The second kappa shape index (κ2) is 6.40. The van der Waals surface area contributed by atoms with E-state index in [1.54, 1.807) is 20.8 Å². The summed E-state index contributed by atoms with van der Waals surface area (Å²) in [6.07, 6.45) is 0.0215. The highest BCUT2D eigenvalue weighted by Crippen LogP contribution is 2.40. The van der Waals surface area contributed by atoms with Gasteiger partial charge < -0.3 is 14.9 Å². The maximum absolute atomic E-state index is 12.4. The first kappa shape index (κ1) is 19.9. The van der Waals surface area contributed by atoms with Crippen LogP contribution in [0, 0.1) is 5.41 Å². The summed E-state index contributed by atoms with van der Waals surface area (Å²) in [5.41, 5.74) is -1.75. The number of hydrogen-bond donors (Lipinski definition) is 2. The molecule has 1 saturated heterocycles. The van der Waals surface area contributed by atoms with Gasteiger partial charge in [0, 0.05) is 11.1 Å². The number of ether oxygens (including phenoxy) is 1. The minimum absolute atomic E-state index is 0.274. The third-order valence-corrected chi connectivity index (χ3v) is 4.56. The second-order valence-corrected chi connectivity index (χ2v) is 8.52. The second-order valence-electron chi connectivity index (χ2n) is 8.52. The molecule has 0 amide bonds. The smallest absolute Gasteiger partial charge is 0.313 e. The molecule has 1 heterocycles. The number of nitrogens with zero attached hydrogens (tertiary/aromatic N) is 1. The Hall–Kier alpha value is -1.14. The minimum atomic E-state index is -1.08. The van der Waals surface area contributed by atoms with E-state index in [2.05, 4.69) is 4.90 Å². The quantitative estimate of drug-likeness (QED) is 0.753. The van der Waals surface area contributed by atoms with Gasteiger partial charge in [0.25, 0.3) is 0 Å². The van der Waals surface area contributed by atoms with Crippen molar-refractivity contribution in [2.75, 3.05) is 0 Å². The lowest BCUT2D eigenvalue weighted by Crippen LogP contribution is -2.65. The highest BCUT2D eigenvalue weighted by molar-refractivity contribution is 5.82. The zero-order chi connectivity index (χ0) is 18.2. The molecule has 1 aliphatic rings. The fourth-order valence-electron chi connectivity index (χ4n) is 4.04. The van der Waals surface area contributed by atoms with E-state index in [-0.39, 0.29) is 23.6 Å². The summed E-state index contributed by atoms with van der Waals surface area (Å²) >= 11 is 0. The van der Waals surface area contributed by atoms with Crippen molar-refractivity contribution in [3.8, 4) is 0 Å². The lowest BCUT2D eigenvalue weighted by atomic mass is 9.78. The van der Waals surface area contributed by atoms with Crippen molar-refractivity contribution < 1.29 is 24.5 Å². The number of hydrogen-bond acceptors (Lipinski definition) is 5. The molecule has 1 aliphatic heterocycles. The molecular weight excluding hydrogens is 298 g/mol. The number of esters is 1. The van der Waals surface area contributed by atoms with Gasteiger partial charge in [0.2, 0.25) is 0 Å². The zero-order valence-corrected chi connectivity index (χ0v) is 15.3. The lowest BCUT2D eigenvalue weighted by Gasteiger charge is -2.56. The molecule has 0 radical (unpaired) electrons. The van der Waals surface area contributed by atoms with Gasteiger partial charge in [-0.05, 0) is 61.3 Å². The Bertz CT molecular complexity index is 452. The number of carboxylic acids is 1. The predicted molar refractivity (Wildman–Crippen MR) is 86.8 cm³/mol. The van der Waals surface area contributed by atoms with Crippen LogP contribution in [0.4, 0.5) is 0 Å². The number of likely N-dealkylation sites (tertiary alicyclic amines) is 1. The average molecular weight is 329 g/mol. The number of piperidine rings is 1. The first-order chi connectivity index (χ1) is 10.2. The SMILES string of the molecule is CC(OC(=O)C(C)(C)CC(=O)O)N1C(C)(C)CC(O)CC1(C)C. The molecule has 1 fully saturated rings. The van der Waals surface area contributed by atoms with Crippen molar-refractivity contribution in [1.29, 1.82) is 0 Å². The maximum atomic E-state index is 12.4. The molecule has 6 nitrogen and oxygen atoms in total. The van der Waals surface area contributed by atoms with Gasteiger partial charge in [-0.15, -0.1) is 0 Å².